The van der Waals surface area contributed by atoms with Gasteiger partial charge in [0.2, 0.25) is 23.6 Å². The molecule has 4 heterocycles. The number of aliphatic hydroxyl groups is 1. The molecule has 6 amide bonds. The van der Waals surface area contributed by atoms with E-state index in [0.29, 0.717) is 43.0 Å². The first-order chi connectivity index (χ1) is 36.1. The quantitative estimate of drug-likeness (QED) is 0.0301. The van der Waals surface area contributed by atoms with Gasteiger partial charge in [-0.2, -0.15) is 0 Å². The highest BCUT2D eigenvalue weighted by molar-refractivity contribution is 7.13. The summed E-state index contributed by atoms with van der Waals surface area (Å²) in [6, 6.07) is 16.6. The number of likely N-dealkylation sites (tertiary alicyclic amines) is 2. The SMILES string of the molecule is Cc1ncsc1-c1ccc([C@H](C)NC(=O)[C@@H]2C[C@@H](O)CN2C(=O)[C@@H](NC(=O)CCCCCCCCCCNC(=O)c2ccc(C(=O)N3CCC(CCCCNC(=O)/C=C/c4cccnc4)CC3)cc2)C(C)(C)C)cc1. The summed E-state index contributed by atoms with van der Waals surface area (Å²) in [7, 11) is 0. The van der Waals surface area contributed by atoms with Crippen molar-refractivity contribution in [1.29, 1.82) is 0 Å². The first-order valence-electron chi connectivity index (χ1n) is 27.2. The third-order valence-electron chi connectivity index (χ3n) is 14.4. The van der Waals surface area contributed by atoms with Crippen LogP contribution in [0.1, 0.15) is 168 Å². The Balaban J connectivity index is 0.788. The van der Waals surface area contributed by atoms with E-state index in [9.17, 15) is 33.9 Å². The fraction of sp³-hybridized carbons (Fsp3) is 0.525. The second-order valence-corrected chi connectivity index (χ2v) is 22.3. The van der Waals surface area contributed by atoms with Crippen LogP contribution in [0.5, 0.6) is 0 Å². The third kappa shape index (κ3) is 18.2. The fourth-order valence-electron chi connectivity index (χ4n) is 9.87. The number of thiazole rings is 1. The van der Waals surface area contributed by atoms with E-state index in [0.717, 1.165) is 117 Å². The predicted molar refractivity (Wildman–Crippen MR) is 295 cm³/mol. The second kappa shape index (κ2) is 29.1. The molecule has 2 aliphatic heterocycles. The van der Waals surface area contributed by atoms with Gasteiger partial charge in [-0.1, -0.05) is 102 Å². The van der Waals surface area contributed by atoms with E-state index < -0.39 is 23.6 Å². The number of carbonyl (C=O) groups is 6. The number of hydrogen-bond acceptors (Lipinski definition) is 10. The maximum Gasteiger partial charge on any atom is 0.253 e. The van der Waals surface area contributed by atoms with Gasteiger partial charge in [0.05, 0.1) is 28.2 Å². The smallest absolute Gasteiger partial charge is 0.253 e. The molecule has 2 fully saturated rings. The number of aliphatic hydroxyl groups excluding tert-OH is 1. The van der Waals surface area contributed by atoms with E-state index in [1.807, 2.05) is 81.4 Å². The monoisotopic (exact) mass is 1040 g/mol. The lowest BCUT2D eigenvalue weighted by Gasteiger charge is -2.35. The molecule has 0 spiro atoms. The molecule has 2 aromatic carbocycles. The molecule has 16 heteroatoms. The van der Waals surface area contributed by atoms with Crippen LogP contribution in [0.15, 0.2) is 84.6 Å². The Morgan fingerprint density at radius 1 is 0.813 bits per heavy atom. The highest BCUT2D eigenvalue weighted by Gasteiger charge is 2.44. The van der Waals surface area contributed by atoms with E-state index >= 15 is 0 Å². The minimum absolute atomic E-state index is 0.00298. The molecule has 0 unspecified atom stereocenters. The average molecular weight is 1050 g/mol. The average Bonchev–Trinajstić information content (AvgIpc) is 4.03. The van der Waals surface area contributed by atoms with Crippen LogP contribution in [0.3, 0.4) is 0 Å². The number of β-amino-alcohol motifs (C(OH)–C–C–N with tert-alkyl or cyclic N) is 1. The number of rotatable bonds is 26. The summed E-state index contributed by atoms with van der Waals surface area (Å²) in [5.74, 6) is -0.605. The number of piperidine rings is 1. The van der Waals surface area contributed by atoms with Crippen LogP contribution in [-0.4, -0.2) is 111 Å². The van der Waals surface area contributed by atoms with Gasteiger partial charge in [-0.3, -0.25) is 33.8 Å². The molecule has 2 aromatic heterocycles. The van der Waals surface area contributed by atoms with E-state index in [-0.39, 0.29) is 54.5 Å². The van der Waals surface area contributed by atoms with Crippen LogP contribution < -0.4 is 21.3 Å². The van der Waals surface area contributed by atoms with Gasteiger partial charge in [0.25, 0.3) is 11.8 Å². The minimum Gasteiger partial charge on any atom is -0.391 e. The minimum atomic E-state index is -0.864. The zero-order chi connectivity index (χ0) is 53.7. The van der Waals surface area contributed by atoms with Crippen molar-refractivity contribution >= 4 is 52.9 Å². The van der Waals surface area contributed by atoms with E-state index in [2.05, 4.69) is 31.2 Å². The lowest BCUT2D eigenvalue weighted by atomic mass is 9.85. The topological polar surface area (TPSA) is 203 Å². The molecule has 0 bridgehead atoms. The van der Waals surface area contributed by atoms with Crippen molar-refractivity contribution in [2.75, 3.05) is 32.7 Å². The Hall–Kier alpha value is -6.26. The van der Waals surface area contributed by atoms with Crippen molar-refractivity contribution in [3.05, 3.63) is 113 Å². The summed E-state index contributed by atoms with van der Waals surface area (Å²) in [6.45, 7) is 12.2. The molecule has 0 saturated carbocycles. The zero-order valence-electron chi connectivity index (χ0n) is 44.8. The van der Waals surface area contributed by atoms with Gasteiger partial charge >= 0.3 is 0 Å². The standard InChI is InChI=1S/C59H80N8O7S/c1-41(45-21-23-46(24-22-45)53-42(2)63-40-75-53)64-56(72)50-37-49(68)39-67(50)58(74)54(59(3,4)5)65-52(70)19-12-10-8-6-7-9-11-14-34-62-55(71)47-25-27-48(28-26-47)57(73)66-35-30-43(31-36-66)17-13-15-33-61-51(69)29-20-44-18-16-32-60-38-44/h16,18,20-29,32,38,40-41,43,49-50,54,68H,6-15,17,19,30-31,33-37,39H2,1-5H3,(H,61,69)(H,62,71)(H,64,72)(H,65,70)/b29-20+/t41-,49+,50-,54+/m0/s1. The Bertz CT molecular complexity index is 2500. The number of amides is 6. The predicted octanol–water partition coefficient (Wildman–Crippen LogP) is 8.98. The van der Waals surface area contributed by atoms with Crippen LogP contribution in [0, 0.1) is 18.3 Å². The highest BCUT2D eigenvalue weighted by Crippen LogP contribution is 2.30. The van der Waals surface area contributed by atoms with E-state index in [1.54, 1.807) is 54.1 Å². The highest BCUT2D eigenvalue weighted by atomic mass is 32.1. The second-order valence-electron chi connectivity index (χ2n) is 21.4. The molecule has 0 radical (unpaired) electrons. The van der Waals surface area contributed by atoms with Crippen LogP contribution in [0.2, 0.25) is 0 Å². The van der Waals surface area contributed by atoms with Gasteiger partial charge in [-0.05, 0) is 110 Å². The molecule has 6 rings (SSSR count). The molecule has 4 aromatic rings. The fourth-order valence-corrected chi connectivity index (χ4v) is 10.7. The molecule has 404 valence electrons. The van der Waals surface area contributed by atoms with Crippen molar-refractivity contribution in [3.63, 3.8) is 0 Å². The maximum atomic E-state index is 14.1. The third-order valence-corrected chi connectivity index (χ3v) is 15.4. The zero-order valence-corrected chi connectivity index (χ0v) is 45.6. The van der Waals surface area contributed by atoms with Crippen LogP contribution in [0.4, 0.5) is 0 Å². The van der Waals surface area contributed by atoms with Gasteiger partial charge in [0.1, 0.15) is 12.1 Å². The van der Waals surface area contributed by atoms with Gasteiger partial charge in [-0.25, -0.2) is 4.98 Å². The van der Waals surface area contributed by atoms with Crippen molar-refractivity contribution < 1.29 is 33.9 Å². The summed E-state index contributed by atoms with van der Waals surface area (Å²) >= 11 is 1.58. The molecule has 2 aliphatic rings. The summed E-state index contributed by atoms with van der Waals surface area (Å²) in [6.07, 6.45) is 18.8. The molecule has 15 nitrogen and oxygen atoms in total. The summed E-state index contributed by atoms with van der Waals surface area (Å²) in [5, 5.41) is 22.6. The summed E-state index contributed by atoms with van der Waals surface area (Å²) < 4.78 is 0. The number of pyridine rings is 1. The van der Waals surface area contributed by atoms with Crippen LogP contribution >= 0.6 is 11.3 Å². The number of nitrogens with one attached hydrogen (secondary N) is 4. The number of nitrogens with zero attached hydrogens (tertiary/aromatic N) is 4. The molecule has 4 atom stereocenters. The molecule has 5 N–H and O–H groups in total. The summed E-state index contributed by atoms with van der Waals surface area (Å²) in [4.78, 5) is 92.0. The largest absolute Gasteiger partial charge is 0.391 e. The van der Waals surface area contributed by atoms with Crippen molar-refractivity contribution in [2.45, 2.75) is 155 Å². The van der Waals surface area contributed by atoms with E-state index in [4.69, 9.17) is 0 Å². The Morgan fingerprint density at radius 3 is 2.12 bits per heavy atom. The number of hydrogen-bond donors (Lipinski definition) is 5. The van der Waals surface area contributed by atoms with Gasteiger partial charge < -0.3 is 36.2 Å². The molecular weight excluding hydrogens is 965 g/mol. The first-order valence-corrected chi connectivity index (χ1v) is 28.1. The Kier molecular flexibility index (Phi) is 22.5. The Morgan fingerprint density at radius 2 is 1.47 bits per heavy atom. The number of benzene rings is 2. The maximum absolute atomic E-state index is 14.1. The lowest BCUT2D eigenvalue weighted by molar-refractivity contribution is -0.144. The van der Waals surface area contributed by atoms with E-state index in [1.165, 1.54) is 11.0 Å². The molecule has 2 saturated heterocycles. The molecular formula is C59H80N8O7S. The Labute approximate surface area is 448 Å². The number of aromatic nitrogens is 2. The lowest BCUT2D eigenvalue weighted by Crippen LogP contribution is -2.57. The number of aryl methyl sites for hydroxylation is 1. The van der Waals surface area contributed by atoms with Crippen LogP contribution in [0.25, 0.3) is 16.5 Å². The normalized spacial score (nSPS) is 16.9. The molecule has 0 aliphatic carbocycles. The molecule has 75 heavy (non-hydrogen) atoms. The number of carbonyl (C=O) groups excluding carboxylic acids is 6. The number of unbranched alkanes of at least 4 members (excludes halogenated alkanes) is 8. The van der Waals surface area contributed by atoms with Crippen molar-refractivity contribution in [3.8, 4) is 10.4 Å². The van der Waals surface area contributed by atoms with Gasteiger partial charge in [-0.15, -0.1) is 11.3 Å². The first kappa shape index (κ1) is 58.0. The summed E-state index contributed by atoms with van der Waals surface area (Å²) in [5.41, 5.74) is 6.15. The van der Waals surface area contributed by atoms with Crippen molar-refractivity contribution in [1.82, 2.24) is 41.0 Å². The van der Waals surface area contributed by atoms with Gasteiger partial charge in [0.15, 0.2) is 0 Å². The van der Waals surface area contributed by atoms with Crippen molar-refractivity contribution in [2.24, 2.45) is 11.3 Å². The van der Waals surface area contributed by atoms with Crippen LogP contribution in [-0.2, 0) is 19.2 Å². The van der Waals surface area contributed by atoms with Gasteiger partial charge in [0, 0.05) is 75.2 Å².